The summed E-state index contributed by atoms with van der Waals surface area (Å²) in [6, 6.07) is 7.86. The summed E-state index contributed by atoms with van der Waals surface area (Å²) in [5.74, 6) is -0.414. The zero-order chi connectivity index (χ0) is 12.3. The summed E-state index contributed by atoms with van der Waals surface area (Å²) in [7, 11) is 0. The Kier molecular flexibility index (Phi) is 3.49. The van der Waals surface area contributed by atoms with Gasteiger partial charge in [-0.15, -0.1) is 11.8 Å². The van der Waals surface area contributed by atoms with Crippen molar-refractivity contribution in [2.24, 2.45) is 0 Å². The van der Waals surface area contributed by atoms with Gasteiger partial charge in [0.1, 0.15) is 17.8 Å². The minimum atomic E-state index is -1.03. The van der Waals surface area contributed by atoms with E-state index in [0.717, 1.165) is 0 Å². The van der Waals surface area contributed by atoms with Gasteiger partial charge in [0.25, 0.3) is 0 Å². The number of benzene rings is 1. The van der Waals surface area contributed by atoms with Crippen molar-refractivity contribution in [1.82, 2.24) is 0 Å². The molecule has 0 atom stereocenters. The smallest absolute Gasteiger partial charge is 0.338 e. The lowest BCUT2D eigenvalue weighted by atomic mass is 10.3. The van der Waals surface area contributed by atoms with E-state index in [9.17, 15) is 9.18 Å². The van der Waals surface area contributed by atoms with Crippen LogP contribution in [0.15, 0.2) is 45.9 Å². The number of carboxylic acid groups (broad SMARTS) is 1. The molecule has 1 aromatic carbocycles. The van der Waals surface area contributed by atoms with Crippen molar-refractivity contribution >= 4 is 17.7 Å². The number of furan rings is 1. The van der Waals surface area contributed by atoms with Gasteiger partial charge in [-0.25, -0.2) is 9.18 Å². The topological polar surface area (TPSA) is 50.4 Å². The summed E-state index contributed by atoms with van der Waals surface area (Å²) >= 11 is 1.26. The van der Waals surface area contributed by atoms with Crippen molar-refractivity contribution in [3.63, 3.8) is 0 Å². The number of hydrogen-bond acceptors (Lipinski definition) is 3. The molecular weight excluding hydrogens is 243 g/mol. The molecule has 0 spiro atoms. The van der Waals surface area contributed by atoms with Gasteiger partial charge in [-0.1, -0.05) is 12.1 Å². The Morgan fingerprint density at radius 2 is 2.18 bits per heavy atom. The van der Waals surface area contributed by atoms with Gasteiger partial charge < -0.3 is 9.52 Å². The molecular formula is C12H9FO3S. The fraction of sp³-hybridized carbons (Fsp3) is 0.0833. The summed E-state index contributed by atoms with van der Waals surface area (Å²) < 4.78 is 18.3. The highest BCUT2D eigenvalue weighted by Crippen LogP contribution is 2.25. The summed E-state index contributed by atoms with van der Waals surface area (Å²) in [5.41, 5.74) is 0.106. The fourth-order valence-corrected chi connectivity index (χ4v) is 2.11. The Bertz CT molecular complexity index is 536. The van der Waals surface area contributed by atoms with Gasteiger partial charge in [-0.05, 0) is 18.2 Å². The monoisotopic (exact) mass is 252 g/mol. The van der Waals surface area contributed by atoms with Crippen LogP contribution in [-0.2, 0) is 5.75 Å². The van der Waals surface area contributed by atoms with Crippen molar-refractivity contribution in [3.05, 3.63) is 53.7 Å². The molecule has 5 heteroatoms. The van der Waals surface area contributed by atoms with Crippen molar-refractivity contribution < 1.29 is 18.7 Å². The minimum Gasteiger partial charge on any atom is -0.478 e. The Hall–Kier alpha value is -1.75. The molecule has 0 aliphatic rings. The quantitative estimate of drug-likeness (QED) is 0.847. The second-order valence-corrected chi connectivity index (χ2v) is 4.34. The summed E-state index contributed by atoms with van der Waals surface area (Å²) in [4.78, 5) is 11.1. The molecule has 0 radical (unpaired) electrons. The number of carbonyl (C=O) groups is 1. The van der Waals surface area contributed by atoms with Crippen LogP contribution in [-0.4, -0.2) is 11.1 Å². The fourth-order valence-electron chi connectivity index (χ4n) is 1.28. The Balaban J connectivity index is 2.02. The standard InChI is InChI=1S/C12H9FO3S/c13-10-3-1-2-4-11(10)17-7-9-5-8(6-16-9)12(14)15/h1-6H,7H2,(H,14,15). The molecule has 88 valence electrons. The SMILES string of the molecule is O=C(O)c1coc(CSc2ccccc2F)c1. The summed E-state index contributed by atoms with van der Waals surface area (Å²) in [6.45, 7) is 0. The van der Waals surface area contributed by atoms with Crippen LogP contribution >= 0.6 is 11.8 Å². The van der Waals surface area contributed by atoms with E-state index in [1.807, 2.05) is 0 Å². The predicted octanol–water partition coefficient (Wildman–Crippen LogP) is 3.41. The Morgan fingerprint density at radius 1 is 1.41 bits per heavy atom. The number of aromatic carboxylic acids is 1. The van der Waals surface area contributed by atoms with Gasteiger partial charge in [0.2, 0.25) is 0 Å². The molecule has 0 fully saturated rings. The highest BCUT2D eigenvalue weighted by atomic mass is 32.2. The van der Waals surface area contributed by atoms with Gasteiger partial charge >= 0.3 is 5.97 Å². The molecule has 0 bridgehead atoms. The Morgan fingerprint density at radius 3 is 2.82 bits per heavy atom. The normalized spacial score (nSPS) is 10.4. The van der Waals surface area contributed by atoms with Crippen molar-refractivity contribution in [1.29, 1.82) is 0 Å². The molecule has 0 amide bonds. The first-order chi connectivity index (χ1) is 8.16. The van der Waals surface area contributed by atoms with Crippen LogP contribution in [0.1, 0.15) is 16.1 Å². The lowest BCUT2D eigenvalue weighted by Crippen LogP contribution is -1.91. The minimum absolute atomic E-state index is 0.106. The van der Waals surface area contributed by atoms with Gasteiger partial charge in [0, 0.05) is 4.90 Å². The largest absolute Gasteiger partial charge is 0.478 e. The predicted molar refractivity (Wildman–Crippen MR) is 61.6 cm³/mol. The van der Waals surface area contributed by atoms with Crippen LogP contribution in [0.2, 0.25) is 0 Å². The molecule has 0 saturated heterocycles. The molecule has 1 N–H and O–H groups in total. The van der Waals surface area contributed by atoms with E-state index in [0.29, 0.717) is 16.4 Å². The molecule has 17 heavy (non-hydrogen) atoms. The molecule has 2 aromatic rings. The van der Waals surface area contributed by atoms with Crippen molar-refractivity contribution in [3.8, 4) is 0 Å². The van der Waals surface area contributed by atoms with Crippen molar-refractivity contribution in [2.75, 3.05) is 0 Å². The van der Waals surface area contributed by atoms with Crippen molar-refractivity contribution in [2.45, 2.75) is 10.6 Å². The number of rotatable bonds is 4. The number of thioether (sulfide) groups is 1. The van der Waals surface area contributed by atoms with Gasteiger partial charge in [0.05, 0.1) is 11.3 Å². The molecule has 0 aliphatic carbocycles. The van der Waals surface area contributed by atoms with Crippen LogP contribution in [0.25, 0.3) is 0 Å². The maximum Gasteiger partial charge on any atom is 0.338 e. The molecule has 0 unspecified atom stereocenters. The number of halogens is 1. The van der Waals surface area contributed by atoms with Crippen LogP contribution in [0.5, 0.6) is 0 Å². The van der Waals surface area contributed by atoms with Crippen LogP contribution in [0, 0.1) is 5.82 Å². The third-order valence-electron chi connectivity index (χ3n) is 2.11. The van der Waals surface area contributed by atoms with E-state index in [1.54, 1.807) is 18.2 Å². The number of hydrogen-bond donors (Lipinski definition) is 1. The molecule has 1 aromatic heterocycles. The maximum atomic E-state index is 13.3. The third-order valence-corrected chi connectivity index (χ3v) is 3.18. The zero-order valence-electron chi connectivity index (χ0n) is 8.72. The highest BCUT2D eigenvalue weighted by molar-refractivity contribution is 7.98. The lowest BCUT2D eigenvalue weighted by molar-refractivity contribution is 0.0696. The average molecular weight is 252 g/mol. The van der Waals surface area contributed by atoms with Gasteiger partial charge in [-0.3, -0.25) is 0 Å². The molecule has 0 saturated carbocycles. The van der Waals surface area contributed by atoms with E-state index in [4.69, 9.17) is 9.52 Å². The third kappa shape index (κ3) is 2.88. The first-order valence-corrected chi connectivity index (χ1v) is 5.83. The van der Waals surface area contributed by atoms with Gasteiger partial charge in [-0.2, -0.15) is 0 Å². The van der Waals surface area contributed by atoms with Crippen LogP contribution < -0.4 is 0 Å². The lowest BCUT2D eigenvalue weighted by Gasteiger charge is -2.00. The molecule has 1 heterocycles. The van der Waals surface area contributed by atoms with Gasteiger partial charge in [0.15, 0.2) is 0 Å². The van der Waals surface area contributed by atoms with E-state index in [2.05, 4.69) is 0 Å². The molecule has 0 aliphatic heterocycles. The summed E-state index contributed by atoms with van der Waals surface area (Å²) in [5, 5.41) is 8.70. The Labute approximate surface area is 101 Å². The first kappa shape index (κ1) is 11.7. The first-order valence-electron chi connectivity index (χ1n) is 4.85. The maximum absolute atomic E-state index is 13.3. The van der Waals surface area contributed by atoms with E-state index in [-0.39, 0.29) is 11.4 Å². The molecule has 3 nitrogen and oxygen atoms in total. The van der Waals surface area contributed by atoms with E-state index in [1.165, 1.54) is 30.2 Å². The molecule has 2 rings (SSSR count). The van der Waals surface area contributed by atoms with E-state index < -0.39 is 5.97 Å². The second kappa shape index (κ2) is 5.05. The summed E-state index contributed by atoms with van der Waals surface area (Å²) in [6.07, 6.45) is 1.18. The zero-order valence-corrected chi connectivity index (χ0v) is 9.54. The van der Waals surface area contributed by atoms with Crippen LogP contribution in [0.3, 0.4) is 0 Å². The number of carboxylic acids is 1. The van der Waals surface area contributed by atoms with E-state index >= 15 is 0 Å². The average Bonchev–Trinajstić information content (AvgIpc) is 2.77. The van der Waals surface area contributed by atoms with Crippen LogP contribution in [0.4, 0.5) is 4.39 Å². The highest BCUT2D eigenvalue weighted by Gasteiger charge is 2.09. The second-order valence-electron chi connectivity index (χ2n) is 3.33.